The Hall–Kier alpha value is -2.69. The van der Waals surface area contributed by atoms with Gasteiger partial charge in [0.15, 0.2) is 0 Å². The zero-order valence-corrected chi connectivity index (χ0v) is 18.5. The van der Waals surface area contributed by atoms with Crippen molar-refractivity contribution in [2.24, 2.45) is 0 Å². The number of allylic oxidation sites excluding steroid dienone is 5. The molecule has 0 unspecified atom stereocenters. The fraction of sp³-hybridized carbons (Fsp3) is 0.480. The number of hydrogen-bond donors (Lipinski definition) is 1. The zero-order chi connectivity index (χ0) is 22.3. The predicted octanol–water partition coefficient (Wildman–Crippen LogP) is 6.25. The van der Waals surface area contributed by atoms with Gasteiger partial charge >= 0.3 is 5.97 Å². The van der Waals surface area contributed by atoms with E-state index in [2.05, 4.69) is 33.8 Å². The number of carbonyl (C=O) groups is 1. The Labute approximate surface area is 178 Å². The minimum Gasteiger partial charge on any atom is -0.478 e. The van der Waals surface area contributed by atoms with Crippen LogP contribution in [0.4, 0.5) is 5.69 Å². The first kappa shape index (κ1) is 22.0. The van der Waals surface area contributed by atoms with Gasteiger partial charge in [0.05, 0.1) is 4.92 Å². The number of carboxylic acid groups (broad SMARTS) is 1. The lowest BCUT2D eigenvalue weighted by atomic mass is 9.61. The Morgan fingerprint density at radius 2 is 1.83 bits per heavy atom. The zero-order valence-electron chi connectivity index (χ0n) is 18.5. The van der Waals surface area contributed by atoms with Crippen molar-refractivity contribution in [3.63, 3.8) is 0 Å². The van der Waals surface area contributed by atoms with Gasteiger partial charge in [-0.05, 0) is 78.2 Å². The highest BCUT2D eigenvalue weighted by Gasteiger charge is 2.44. The molecule has 30 heavy (non-hydrogen) atoms. The molecule has 0 heterocycles. The number of nitrogens with zero attached hydrogens (tertiary/aromatic N) is 1. The number of carboxylic acids is 1. The first-order valence-electron chi connectivity index (χ1n) is 10.6. The van der Waals surface area contributed by atoms with Gasteiger partial charge < -0.3 is 5.11 Å². The first-order valence-corrected chi connectivity index (χ1v) is 10.6. The summed E-state index contributed by atoms with van der Waals surface area (Å²) in [5, 5.41) is 21.1. The molecule has 0 atom stereocenters. The third-order valence-electron chi connectivity index (χ3n) is 6.60. The van der Waals surface area contributed by atoms with Crippen LogP contribution in [0, 0.1) is 10.1 Å². The van der Waals surface area contributed by atoms with Gasteiger partial charge in [0.25, 0.3) is 5.69 Å². The van der Waals surface area contributed by atoms with Gasteiger partial charge in [0.2, 0.25) is 0 Å². The van der Waals surface area contributed by atoms with Crippen LogP contribution in [0.1, 0.15) is 82.6 Å². The average Bonchev–Trinajstić information content (AvgIpc) is 2.63. The largest absolute Gasteiger partial charge is 0.478 e. The normalized spacial score (nSPS) is 21.4. The van der Waals surface area contributed by atoms with Crippen LogP contribution in [0.2, 0.25) is 0 Å². The fourth-order valence-electron chi connectivity index (χ4n) is 4.88. The molecule has 0 bridgehead atoms. The van der Waals surface area contributed by atoms with Gasteiger partial charge in [-0.25, -0.2) is 4.79 Å². The van der Waals surface area contributed by atoms with Crippen molar-refractivity contribution in [2.75, 3.05) is 0 Å². The van der Waals surface area contributed by atoms with E-state index < -0.39 is 5.97 Å². The number of fused-ring (bicyclic) bond motifs is 2. The van der Waals surface area contributed by atoms with Crippen molar-refractivity contribution < 1.29 is 14.8 Å². The lowest BCUT2D eigenvalue weighted by Gasteiger charge is -2.42. The molecule has 0 amide bonds. The second-order valence-corrected chi connectivity index (χ2v) is 9.83. The SMILES string of the molecule is CC(/C=C/C=C1/CCCc2c1cc1c(c2[N+](=O)[O-])C(C)(C)CCC1(C)C)=C\C(=O)O. The minimum absolute atomic E-state index is 0.107. The van der Waals surface area contributed by atoms with E-state index in [9.17, 15) is 14.9 Å². The molecule has 1 N–H and O–H groups in total. The Morgan fingerprint density at radius 3 is 2.47 bits per heavy atom. The maximum Gasteiger partial charge on any atom is 0.328 e. The van der Waals surface area contributed by atoms with Crippen molar-refractivity contribution in [3.8, 4) is 0 Å². The topological polar surface area (TPSA) is 80.4 Å². The van der Waals surface area contributed by atoms with Crippen molar-refractivity contribution in [1.29, 1.82) is 0 Å². The molecule has 0 aliphatic heterocycles. The van der Waals surface area contributed by atoms with Gasteiger partial charge in [-0.3, -0.25) is 10.1 Å². The standard InChI is InChI=1S/C25H31NO4/c1-16(14-21(27)28)8-6-9-17-10-7-11-18-19(17)15-20-22(23(18)26(29)30)25(4,5)13-12-24(20,2)3/h6,8-9,14-15H,7,10-13H2,1-5H3,(H,27,28)/b8-6+,16-14+,17-9-. The van der Waals surface area contributed by atoms with Crippen molar-refractivity contribution in [1.82, 2.24) is 0 Å². The molecule has 3 rings (SSSR count). The molecule has 0 aromatic heterocycles. The molecule has 5 heteroatoms. The van der Waals surface area contributed by atoms with Crippen LogP contribution in [0.15, 0.2) is 35.9 Å². The first-order chi connectivity index (χ1) is 13.9. The summed E-state index contributed by atoms with van der Waals surface area (Å²) in [5.41, 5.74) is 5.58. The number of aliphatic carboxylic acids is 1. The molecule has 160 valence electrons. The molecule has 5 nitrogen and oxygen atoms in total. The van der Waals surface area contributed by atoms with Gasteiger partial charge in [-0.15, -0.1) is 0 Å². The van der Waals surface area contributed by atoms with Gasteiger partial charge in [-0.1, -0.05) is 45.9 Å². The van der Waals surface area contributed by atoms with Gasteiger partial charge in [-0.2, -0.15) is 0 Å². The Morgan fingerprint density at radius 1 is 1.17 bits per heavy atom. The maximum atomic E-state index is 12.3. The van der Waals surface area contributed by atoms with Crippen molar-refractivity contribution in [2.45, 2.75) is 77.6 Å². The van der Waals surface area contributed by atoms with Crippen molar-refractivity contribution >= 4 is 17.2 Å². The summed E-state index contributed by atoms with van der Waals surface area (Å²) in [7, 11) is 0. The highest BCUT2D eigenvalue weighted by Crippen LogP contribution is 2.52. The second-order valence-electron chi connectivity index (χ2n) is 9.83. The molecule has 2 aliphatic carbocycles. The van der Waals surface area contributed by atoms with E-state index in [1.54, 1.807) is 13.0 Å². The number of hydrogen-bond acceptors (Lipinski definition) is 3. The van der Waals surface area contributed by atoms with Gasteiger partial charge in [0.1, 0.15) is 0 Å². The van der Waals surface area contributed by atoms with Crippen molar-refractivity contribution in [3.05, 3.63) is 68.3 Å². The highest BCUT2D eigenvalue weighted by molar-refractivity contribution is 5.81. The molecular formula is C25H31NO4. The lowest BCUT2D eigenvalue weighted by Crippen LogP contribution is -2.35. The van der Waals surface area contributed by atoms with E-state index in [-0.39, 0.29) is 15.8 Å². The van der Waals surface area contributed by atoms with Crippen LogP contribution in [-0.2, 0) is 22.0 Å². The van der Waals surface area contributed by atoms with Crippen LogP contribution in [0.3, 0.4) is 0 Å². The number of nitro benzene ring substituents is 1. The molecule has 1 aromatic carbocycles. The average molecular weight is 410 g/mol. The summed E-state index contributed by atoms with van der Waals surface area (Å²) in [6.07, 6.45) is 11.1. The number of benzene rings is 1. The van der Waals surface area contributed by atoms with E-state index in [4.69, 9.17) is 5.11 Å². The lowest BCUT2D eigenvalue weighted by molar-refractivity contribution is -0.387. The predicted molar refractivity (Wildman–Crippen MR) is 120 cm³/mol. The molecule has 1 aromatic rings. The monoisotopic (exact) mass is 409 g/mol. The van der Waals surface area contributed by atoms with Crippen LogP contribution in [0.25, 0.3) is 5.57 Å². The van der Waals surface area contributed by atoms with Crippen LogP contribution < -0.4 is 0 Å². The Balaban J connectivity index is 2.20. The molecule has 2 aliphatic rings. The smallest absolute Gasteiger partial charge is 0.328 e. The maximum absolute atomic E-state index is 12.3. The van der Waals surface area contributed by atoms with E-state index in [1.165, 1.54) is 0 Å². The van der Waals surface area contributed by atoms with Crippen LogP contribution in [0.5, 0.6) is 0 Å². The number of nitro groups is 1. The second kappa shape index (κ2) is 7.86. The van der Waals surface area contributed by atoms with E-state index in [0.717, 1.165) is 59.6 Å². The summed E-state index contributed by atoms with van der Waals surface area (Å²) in [6, 6.07) is 2.21. The molecular weight excluding hydrogens is 378 g/mol. The summed E-state index contributed by atoms with van der Waals surface area (Å²) < 4.78 is 0. The Kier molecular flexibility index (Phi) is 5.76. The third-order valence-corrected chi connectivity index (χ3v) is 6.60. The minimum atomic E-state index is -0.972. The summed E-state index contributed by atoms with van der Waals surface area (Å²) >= 11 is 0. The third kappa shape index (κ3) is 4.11. The van der Waals surface area contributed by atoms with Crippen LogP contribution in [-0.4, -0.2) is 16.0 Å². The van der Waals surface area contributed by atoms with E-state index >= 15 is 0 Å². The summed E-state index contributed by atoms with van der Waals surface area (Å²) in [5.74, 6) is -0.972. The quantitative estimate of drug-likeness (QED) is 0.276. The van der Waals surface area contributed by atoms with E-state index in [0.29, 0.717) is 17.7 Å². The molecule has 0 saturated heterocycles. The summed E-state index contributed by atoms with van der Waals surface area (Å²) in [4.78, 5) is 22.9. The fourth-order valence-corrected chi connectivity index (χ4v) is 4.88. The molecule has 0 spiro atoms. The highest BCUT2D eigenvalue weighted by atomic mass is 16.6. The van der Waals surface area contributed by atoms with Crippen LogP contribution >= 0.6 is 0 Å². The molecule has 0 saturated carbocycles. The number of rotatable bonds is 4. The molecule has 0 radical (unpaired) electrons. The van der Waals surface area contributed by atoms with E-state index in [1.807, 2.05) is 12.2 Å². The molecule has 0 fully saturated rings. The van der Waals surface area contributed by atoms with Gasteiger partial charge in [0, 0.05) is 17.2 Å². The Bertz CT molecular complexity index is 993. The summed E-state index contributed by atoms with van der Waals surface area (Å²) in [6.45, 7) is 10.4.